The molecule has 0 unspecified atom stereocenters. The third-order valence-electron chi connectivity index (χ3n) is 3.99. The Hall–Kier alpha value is -1.80. The first-order valence-electron chi connectivity index (χ1n) is 7.34. The van der Waals surface area contributed by atoms with E-state index in [-0.39, 0.29) is 0 Å². The van der Waals surface area contributed by atoms with E-state index in [1.807, 2.05) is 24.9 Å². The highest BCUT2D eigenvalue weighted by Crippen LogP contribution is 2.34. The standard InChI is InChI=1S/C13H22N8/c1-9-8-21(19-16-9)4-3-15-7-12-17-18-13(20(12)2)10-5-11(14)6-10/h8,10-11,15H,3-7,14H2,1-2H3. The first-order chi connectivity index (χ1) is 10.1. The second-order valence-corrected chi connectivity index (χ2v) is 5.76. The third-order valence-corrected chi connectivity index (χ3v) is 3.99. The number of nitrogens with zero attached hydrogens (tertiary/aromatic N) is 6. The van der Waals surface area contributed by atoms with Crippen molar-refractivity contribution in [3.8, 4) is 0 Å². The first-order valence-corrected chi connectivity index (χ1v) is 7.34. The van der Waals surface area contributed by atoms with Crippen molar-refractivity contribution >= 4 is 0 Å². The van der Waals surface area contributed by atoms with Crippen LogP contribution < -0.4 is 11.1 Å². The Labute approximate surface area is 123 Å². The normalized spacial score (nSPS) is 21.5. The molecule has 3 rings (SSSR count). The molecule has 2 aromatic rings. The fourth-order valence-corrected chi connectivity index (χ4v) is 2.66. The minimum Gasteiger partial charge on any atom is -0.328 e. The highest BCUT2D eigenvalue weighted by molar-refractivity contribution is 5.07. The Bertz CT molecular complexity index is 595. The second kappa shape index (κ2) is 5.90. The van der Waals surface area contributed by atoms with Gasteiger partial charge >= 0.3 is 0 Å². The molecule has 0 spiro atoms. The molecule has 0 aliphatic heterocycles. The van der Waals surface area contributed by atoms with Gasteiger partial charge in [0.2, 0.25) is 0 Å². The van der Waals surface area contributed by atoms with Crippen molar-refractivity contribution in [2.45, 2.75) is 44.8 Å². The summed E-state index contributed by atoms with van der Waals surface area (Å²) in [5.74, 6) is 2.49. The van der Waals surface area contributed by atoms with Crippen LogP contribution in [0.4, 0.5) is 0 Å². The van der Waals surface area contributed by atoms with Crippen LogP contribution >= 0.6 is 0 Å². The van der Waals surface area contributed by atoms with Crippen LogP contribution in [-0.2, 0) is 20.1 Å². The van der Waals surface area contributed by atoms with Crippen LogP contribution in [0.15, 0.2) is 6.20 Å². The minimum absolute atomic E-state index is 0.333. The molecular weight excluding hydrogens is 268 g/mol. The van der Waals surface area contributed by atoms with Crippen LogP contribution in [0.3, 0.4) is 0 Å². The molecule has 0 aromatic carbocycles. The zero-order valence-electron chi connectivity index (χ0n) is 12.5. The van der Waals surface area contributed by atoms with Gasteiger partial charge in [0.1, 0.15) is 11.6 Å². The second-order valence-electron chi connectivity index (χ2n) is 5.76. The Morgan fingerprint density at radius 2 is 2.14 bits per heavy atom. The Morgan fingerprint density at radius 3 is 2.81 bits per heavy atom. The minimum atomic E-state index is 0.333. The number of aryl methyl sites for hydroxylation is 1. The summed E-state index contributed by atoms with van der Waals surface area (Å²) in [4.78, 5) is 0. The average molecular weight is 290 g/mol. The summed E-state index contributed by atoms with van der Waals surface area (Å²) in [5.41, 5.74) is 6.77. The maximum atomic E-state index is 5.84. The molecule has 3 N–H and O–H groups in total. The molecule has 0 saturated heterocycles. The van der Waals surface area contributed by atoms with Crippen molar-refractivity contribution in [1.82, 2.24) is 35.1 Å². The molecule has 1 aliphatic carbocycles. The number of aromatic nitrogens is 6. The van der Waals surface area contributed by atoms with E-state index in [0.717, 1.165) is 43.3 Å². The van der Waals surface area contributed by atoms with Gasteiger partial charge in [-0.15, -0.1) is 15.3 Å². The third kappa shape index (κ3) is 3.11. The van der Waals surface area contributed by atoms with Crippen LogP contribution in [0, 0.1) is 6.92 Å². The molecule has 2 heterocycles. The van der Waals surface area contributed by atoms with E-state index in [1.54, 1.807) is 0 Å². The van der Waals surface area contributed by atoms with Gasteiger partial charge in [-0.1, -0.05) is 5.21 Å². The van der Waals surface area contributed by atoms with Gasteiger partial charge in [0.05, 0.1) is 18.8 Å². The van der Waals surface area contributed by atoms with Crippen LogP contribution in [0.1, 0.15) is 36.1 Å². The largest absolute Gasteiger partial charge is 0.328 e. The van der Waals surface area contributed by atoms with Gasteiger partial charge in [-0.25, -0.2) is 0 Å². The van der Waals surface area contributed by atoms with Crippen LogP contribution in [0.2, 0.25) is 0 Å². The number of hydrogen-bond donors (Lipinski definition) is 2. The molecule has 0 radical (unpaired) electrons. The summed E-state index contributed by atoms with van der Waals surface area (Å²) in [7, 11) is 2.02. The molecule has 0 atom stereocenters. The summed E-state index contributed by atoms with van der Waals surface area (Å²) in [6, 6.07) is 0.333. The Kier molecular flexibility index (Phi) is 3.98. The quantitative estimate of drug-likeness (QED) is 0.709. The lowest BCUT2D eigenvalue weighted by Gasteiger charge is -2.31. The van der Waals surface area contributed by atoms with Crippen molar-refractivity contribution in [2.24, 2.45) is 12.8 Å². The van der Waals surface area contributed by atoms with E-state index in [0.29, 0.717) is 18.5 Å². The molecule has 1 fully saturated rings. The van der Waals surface area contributed by atoms with E-state index in [4.69, 9.17) is 5.73 Å². The summed E-state index contributed by atoms with van der Waals surface area (Å²) < 4.78 is 3.92. The van der Waals surface area contributed by atoms with Gasteiger partial charge in [-0.3, -0.25) is 4.68 Å². The van der Waals surface area contributed by atoms with Crippen molar-refractivity contribution in [3.05, 3.63) is 23.5 Å². The molecule has 8 nitrogen and oxygen atoms in total. The summed E-state index contributed by atoms with van der Waals surface area (Å²) in [5, 5.41) is 19.9. The fourth-order valence-electron chi connectivity index (χ4n) is 2.66. The summed E-state index contributed by atoms with van der Waals surface area (Å²) in [6.45, 7) is 4.25. The van der Waals surface area contributed by atoms with Crippen molar-refractivity contribution < 1.29 is 0 Å². The van der Waals surface area contributed by atoms with E-state index in [9.17, 15) is 0 Å². The Morgan fingerprint density at radius 1 is 1.33 bits per heavy atom. The highest BCUT2D eigenvalue weighted by atomic mass is 15.4. The van der Waals surface area contributed by atoms with Gasteiger partial charge in [0.15, 0.2) is 0 Å². The molecule has 21 heavy (non-hydrogen) atoms. The van der Waals surface area contributed by atoms with Gasteiger partial charge in [0, 0.05) is 31.7 Å². The van der Waals surface area contributed by atoms with Crippen molar-refractivity contribution in [3.63, 3.8) is 0 Å². The number of hydrogen-bond acceptors (Lipinski definition) is 6. The average Bonchev–Trinajstić information content (AvgIpc) is 2.98. The van der Waals surface area contributed by atoms with Crippen LogP contribution in [0.25, 0.3) is 0 Å². The molecule has 0 bridgehead atoms. The zero-order chi connectivity index (χ0) is 14.8. The topological polar surface area (TPSA) is 99.5 Å². The van der Waals surface area contributed by atoms with E-state index < -0.39 is 0 Å². The Balaban J connectivity index is 1.47. The number of nitrogens with two attached hydrogens (primary N) is 1. The lowest BCUT2D eigenvalue weighted by molar-refractivity contribution is 0.331. The monoisotopic (exact) mass is 290 g/mol. The van der Waals surface area contributed by atoms with Crippen LogP contribution in [0.5, 0.6) is 0 Å². The predicted octanol–water partition coefficient (Wildman–Crippen LogP) is -0.290. The van der Waals surface area contributed by atoms with Crippen molar-refractivity contribution in [2.75, 3.05) is 6.54 Å². The first kappa shape index (κ1) is 14.2. The number of rotatable bonds is 6. The van der Waals surface area contributed by atoms with Gasteiger partial charge in [-0.05, 0) is 19.8 Å². The lowest BCUT2D eigenvalue weighted by Crippen LogP contribution is -2.36. The molecule has 114 valence electrons. The molecule has 8 heteroatoms. The molecule has 0 amide bonds. The molecule has 1 aliphatic rings. The fraction of sp³-hybridized carbons (Fsp3) is 0.692. The number of nitrogens with one attached hydrogen (secondary N) is 1. The van der Waals surface area contributed by atoms with Gasteiger partial charge in [-0.2, -0.15) is 0 Å². The maximum Gasteiger partial charge on any atom is 0.146 e. The smallest absolute Gasteiger partial charge is 0.146 e. The SMILES string of the molecule is Cc1cn(CCNCc2nnc(C3CC(N)C3)n2C)nn1. The lowest BCUT2D eigenvalue weighted by atomic mass is 9.80. The van der Waals surface area contributed by atoms with Crippen LogP contribution in [-0.4, -0.2) is 42.3 Å². The van der Waals surface area contributed by atoms with Gasteiger partial charge < -0.3 is 15.6 Å². The molecular formula is C13H22N8. The summed E-state index contributed by atoms with van der Waals surface area (Å²) in [6.07, 6.45) is 3.97. The highest BCUT2D eigenvalue weighted by Gasteiger charge is 2.31. The van der Waals surface area contributed by atoms with Crippen molar-refractivity contribution in [1.29, 1.82) is 0 Å². The van der Waals surface area contributed by atoms with E-state index in [2.05, 4.69) is 30.4 Å². The molecule has 2 aromatic heterocycles. The summed E-state index contributed by atoms with van der Waals surface area (Å²) >= 11 is 0. The zero-order valence-corrected chi connectivity index (χ0v) is 12.5. The van der Waals surface area contributed by atoms with E-state index in [1.165, 1.54) is 0 Å². The van der Waals surface area contributed by atoms with E-state index >= 15 is 0 Å². The molecule has 1 saturated carbocycles. The maximum absolute atomic E-state index is 5.84. The van der Waals surface area contributed by atoms with Gasteiger partial charge in [0.25, 0.3) is 0 Å². The predicted molar refractivity (Wildman–Crippen MR) is 77.4 cm³/mol.